The number of carbonyl (C=O) groups excluding carboxylic acids is 1. The number of carboxylic acids is 1. The molecule has 0 heterocycles. The molecule has 0 fully saturated rings. The standard InChI is InChI=1S/C18H13N3O6/c19-10-13(8-12-4-1-2-7-16(12)27-11-17(22)23)18(24)20-14-5-3-6-15(9-14)21(25)26/h1-9H,11H2,(H,20,24)(H,22,23)/b13-8+. The summed E-state index contributed by atoms with van der Waals surface area (Å²) in [6.45, 7) is -0.577. The molecule has 9 nitrogen and oxygen atoms in total. The molecule has 27 heavy (non-hydrogen) atoms. The molecular formula is C18H13N3O6. The Balaban J connectivity index is 2.25. The maximum absolute atomic E-state index is 12.3. The highest BCUT2D eigenvalue weighted by Crippen LogP contribution is 2.22. The normalized spacial score (nSPS) is 10.6. The summed E-state index contributed by atoms with van der Waals surface area (Å²) in [6.07, 6.45) is 1.24. The molecule has 2 rings (SSSR count). The predicted molar refractivity (Wildman–Crippen MR) is 94.9 cm³/mol. The smallest absolute Gasteiger partial charge is 0.341 e. The maximum Gasteiger partial charge on any atom is 0.341 e. The van der Waals surface area contributed by atoms with Crippen LogP contribution in [-0.4, -0.2) is 28.5 Å². The SMILES string of the molecule is N#C/C(=C\c1ccccc1OCC(=O)O)C(=O)Nc1cccc([N+](=O)[O-])c1. The van der Waals surface area contributed by atoms with E-state index in [4.69, 9.17) is 9.84 Å². The van der Waals surface area contributed by atoms with Crippen LogP contribution in [0.25, 0.3) is 6.08 Å². The number of carboxylic acid groups (broad SMARTS) is 1. The van der Waals surface area contributed by atoms with Crippen molar-refractivity contribution in [3.63, 3.8) is 0 Å². The molecule has 2 aromatic carbocycles. The predicted octanol–water partition coefficient (Wildman–Crippen LogP) is 2.60. The Labute approximate surface area is 153 Å². The number of ether oxygens (including phenoxy) is 1. The molecule has 0 aliphatic heterocycles. The van der Waals surface area contributed by atoms with Crippen molar-refractivity contribution in [1.29, 1.82) is 5.26 Å². The number of hydrogen-bond donors (Lipinski definition) is 2. The van der Waals surface area contributed by atoms with Gasteiger partial charge in [-0.3, -0.25) is 14.9 Å². The summed E-state index contributed by atoms with van der Waals surface area (Å²) in [4.78, 5) is 33.1. The first kappa shape index (κ1) is 19.1. The van der Waals surface area contributed by atoms with Crippen molar-refractivity contribution in [2.75, 3.05) is 11.9 Å². The lowest BCUT2D eigenvalue weighted by Crippen LogP contribution is -2.14. The van der Waals surface area contributed by atoms with Gasteiger partial charge in [0, 0.05) is 23.4 Å². The van der Waals surface area contributed by atoms with Crippen LogP contribution >= 0.6 is 0 Å². The number of nitrogens with one attached hydrogen (secondary N) is 1. The Morgan fingerprint density at radius 3 is 2.67 bits per heavy atom. The van der Waals surface area contributed by atoms with E-state index in [1.165, 1.54) is 30.3 Å². The fourth-order valence-electron chi connectivity index (χ4n) is 2.07. The quantitative estimate of drug-likeness (QED) is 0.331. The highest BCUT2D eigenvalue weighted by molar-refractivity contribution is 6.09. The summed E-state index contributed by atoms with van der Waals surface area (Å²) >= 11 is 0. The third-order valence-electron chi connectivity index (χ3n) is 3.25. The number of nitrogens with zero attached hydrogens (tertiary/aromatic N) is 2. The molecule has 136 valence electrons. The molecule has 0 saturated heterocycles. The van der Waals surface area contributed by atoms with Gasteiger partial charge in [-0.1, -0.05) is 24.3 Å². The number of para-hydroxylation sites is 1. The van der Waals surface area contributed by atoms with E-state index in [0.29, 0.717) is 5.56 Å². The number of anilines is 1. The average molecular weight is 367 g/mol. The number of nitro groups is 1. The summed E-state index contributed by atoms with van der Waals surface area (Å²) in [5.41, 5.74) is 0.00541. The second kappa shape index (κ2) is 8.77. The molecule has 0 aliphatic rings. The van der Waals surface area contributed by atoms with E-state index in [9.17, 15) is 25.0 Å². The molecule has 1 amide bonds. The number of amides is 1. The van der Waals surface area contributed by atoms with E-state index in [1.807, 2.05) is 0 Å². The van der Waals surface area contributed by atoms with E-state index in [2.05, 4.69) is 5.32 Å². The second-order valence-corrected chi connectivity index (χ2v) is 5.15. The van der Waals surface area contributed by atoms with Gasteiger partial charge in [0.05, 0.1) is 4.92 Å². The molecule has 9 heteroatoms. The molecule has 0 atom stereocenters. The number of benzene rings is 2. The Morgan fingerprint density at radius 1 is 1.26 bits per heavy atom. The minimum absolute atomic E-state index is 0.158. The molecule has 0 aliphatic carbocycles. The fourth-order valence-corrected chi connectivity index (χ4v) is 2.07. The van der Waals surface area contributed by atoms with Crippen LogP contribution in [0.5, 0.6) is 5.75 Å². The van der Waals surface area contributed by atoms with Crippen molar-refractivity contribution in [2.24, 2.45) is 0 Å². The van der Waals surface area contributed by atoms with Gasteiger partial charge in [-0.05, 0) is 18.2 Å². The van der Waals surface area contributed by atoms with Crippen LogP contribution in [0.4, 0.5) is 11.4 Å². The molecule has 2 N–H and O–H groups in total. The zero-order chi connectivity index (χ0) is 19.8. The summed E-state index contributed by atoms with van der Waals surface area (Å²) in [6, 6.07) is 13.3. The van der Waals surface area contributed by atoms with Crippen LogP contribution in [0.15, 0.2) is 54.1 Å². The van der Waals surface area contributed by atoms with Crippen molar-refractivity contribution >= 4 is 29.3 Å². The Morgan fingerprint density at radius 2 is 2.00 bits per heavy atom. The number of carbonyl (C=O) groups is 2. The van der Waals surface area contributed by atoms with Gasteiger partial charge in [-0.25, -0.2) is 4.79 Å². The first-order chi connectivity index (χ1) is 12.9. The number of aliphatic carboxylic acids is 1. The van der Waals surface area contributed by atoms with Crippen LogP contribution in [0, 0.1) is 21.4 Å². The Hall–Kier alpha value is -4.19. The highest BCUT2D eigenvalue weighted by Gasteiger charge is 2.13. The number of nitriles is 1. The number of hydrogen-bond acceptors (Lipinski definition) is 6. The molecule has 0 aromatic heterocycles. The first-order valence-electron chi connectivity index (χ1n) is 7.52. The van der Waals surface area contributed by atoms with E-state index in [0.717, 1.165) is 6.07 Å². The molecule has 0 spiro atoms. The van der Waals surface area contributed by atoms with Crippen LogP contribution in [0.3, 0.4) is 0 Å². The fraction of sp³-hybridized carbons (Fsp3) is 0.0556. The highest BCUT2D eigenvalue weighted by atomic mass is 16.6. The zero-order valence-corrected chi connectivity index (χ0v) is 13.8. The van der Waals surface area contributed by atoms with Crippen LogP contribution in [0.1, 0.15) is 5.56 Å². The Bertz CT molecular complexity index is 962. The van der Waals surface area contributed by atoms with Crippen molar-refractivity contribution in [3.8, 4) is 11.8 Å². The number of non-ortho nitro benzene ring substituents is 1. The second-order valence-electron chi connectivity index (χ2n) is 5.15. The van der Waals surface area contributed by atoms with Gasteiger partial charge < -0.3 is 15.2 Å². The van der Waals surface area contributed by atoms with Gasteiger partial charge in [0.15, 0.2) is 6.61 Å². The lowest BCUT2D eigenvalue weighted by Gasteiger charge is -2.08. The average Bonchev–Trinajstić information content (AvgIpc) is 2.65. The van der Waals surface area contributed by atoms with E-state index >= 15 is 0 Å². The van der Waals surface area contributed by atoms with E-state index in [-0.39, 0.29) is 22.7 Å². The van der Waals surface area contributed by atoms with Gasteiger partial charge >= 0.3 is 5.97 Å². The Kier molecular flexibility index (Phi) is 6.22. The minimum Gasteiger partial charge on any atom is -0.481 e. The van der Waals surface area contributed by atoms with Gasteiger partial charge in [0.25, 0.3) is 11.6 Å². The monoisotopic (exact) mass is 367 g/mol. The van der Waals surface area contributed by atoms with Crippen LogP contribution in [0.2, 0.25) is 0 Å². The molecule has 0 bridgehead atoms. The maximum atomic E-state index is 12.3. The third kappa shape index (κ3) is 5.40. The number of rotatable bonds is 7. The van der Waals surface area contributed by atoms with Gasteiger partial charge in [0.1, 0.15) is 17.4 Å². The molecular weight excluding hydrogens is 354 g/mol. The third-order valence-corrected chi connectivity index (χ3v) is 3.25. The summed E-state index contributed by atoms with van der Waals surface area (Å²) in [7, 11) is 0. The molecule has 0 unspecified atom stereocenters. The topological polar surface area (TPSA) is 143 Å². The van der Waals surface area contributed by atoms with Crippen LogP contribution < -0.4 is 10.1 Å². The minimum atomic E-state index is -1.17. The lowest BCUT2D eigenvalue weighted by molar-refractivity contribution is -0.384. The zero-order valence-electron chi connectivity index (χ0n) is 13.8. The molecule has 2 aromatic rings. The number of nitro benzene ring substituents is 1. The van der Waals surface area contributed by atoms with Crippen molar-refractivity contribution < 1.29 is 24.4 Å². The van der Waals surface area contributed by atoms with E-state index < -0.39 is 23.4 Å². The molecule has 0 radical (unpaired) electrons. The van der Waals surface area contributed by atoms with Crippen molar-refractivity contribution in [2.45, 2.75) is 0 Å². The largest absolute Gasteiger partial charge is 0.481 e. The van der Waals surface area contributed by atoms with Crippen LogP contribution in [-0.2, 0) is 9.59 Å². The summed E-state index contributed by atoms with van der Waals surface area (Å²) in [5, 5.41) is 31.2. The lowest BCUT2D eigenvalue weighted by atomic mass is 10.1. The van der Waals surface area contributed by atoms with Gasteiger partial charge in [-0.15, -0.1) is 0 Å². The first-order valence-corrected chi connectivity index (χ1v) is 7.52. The summed E-state index contributed by atoms with van der Waals surface area (Å²) < 4.78 is 5.12. The van der Waals surface area contributed by atoms with Crippen molar-refractivity contribution in [1.82, 2.24) is 0 Å². The van der Waals surface area contributed by atoms with Crippen molar-refractivity contribution in [3.05, 3.63) is 69.8 Å². The summed E-state index contributed by atoms with van der Waals surface area (Å²) in [5.74, 6) is -1.75. The molecule has 0 saturated carbocycles. The van der Waals surface area contributed by atoms with E-state index in [1.54, 1.807) is 24.3 Å². The van der Waals surface area contributed by atoms with Gasteiger partial charge in [0.2, 0.25) is 0 Å². The van der Waals surface area contributed by atoms with Gasteiger partial charge in [-0.2, -0.15) is 5.26 Å².